The number of hydrogen-bond donors (Lipinski definition) is 1. The molecular weight excluding hydrogens is 222 g/mol. The average Bonchev–Trinajstić information content (AvgIpc) is 2.73. The van der Waals surface area contributed by atoms with Gasteiger partial charge in [-0.1, -0.05) is 17.7 Å². The minimum atomic E-state index is 0.234. The van der Waals surface area contributed by atoms with Crippen LogP contribution in [0.1, 0.15) is 35.1 Å². The first-order chi connectivity index (χ1) is 8.63. The van der Waals surface area contributed by atoms with E-state index in [-0.39, 0.29) is 5.41 Å². The molecule has 2 nitrogen and oxygen atoms in total. The van der Waals surface area contributed by atoms with Crippen LogP contribution in [-0.2, 0) is 10.2 Å². The lowest BCUT2D eigenvalue weighted by Crippen LogP contribution is -2.59. The number of rotatable bonds is 2. The highest BCUT2D eigenvalue weighted by atomic mass is 16.5. The topological polar surface area (TPSA) is 21.3 Å². The summed E-state index contributed by atoms with van der Waals surface area (Å²) in [6.07, 6.45) is 2.59. The highest BCUT2D eigenvalue weighted by Crippen LogP contribution is 2.42. The predicted molar refractivity (Wildman–Crippen MR) is 74.2 cm³/mol. The Hall–Kier alpha value is -0.860. The highest BCUT2D eigenvalue weighted by Gasteiger charge is 2.49. The van der Waals surface area contributed by atoms with Crippen molar-refractivity contribution in [2.24, 2.45) is 0 Å². The smallest absolute Gasteiger partial charge is 0.0601 e. The van der Waals surface area contributed by atoms with Crippen molar-refractivity contribution in [1.29, 1.82) is 0 Å². The molecule has 98 valence electrons. The maximum absolute atomic E-state index is 5.61. The first-order valence-corrected chi connectivity index (χ1v) is 7.03. The fourth-order valence-corrected chi connectivity index (χ4v) is 3.96. The third-order valence-electron chi connectivity index (χ3n) is 4.62. The molecular formula is C16H23NO. The van der Waals surface area contributed by atoms with E-state index in [0.29, 0.717) is 6.04 Å². The Balaban J connectivity index is 2.06. The molecule has 0 aromatic heterocycles. The van der Waals surface area contributed by atoms with Crippen LogP contribution in [0.3, 0.4) is 0 Å². The maximum Gasteiger partial charge on any atom is 0.0601 e. The van der Waals surface area contributed by atoms with E-state index >= 15 is 0 Å². The van der Waals surface area contributed by atoms with Gasteiger partial charge in [-0.05, 0) is 56.8 Å². The zero-order chi connectivity index (χ0) is 12.8. The number of benzene rings is 1. The molecule has 18 heavy (non-hydrogen) atoms. The molecule has 0 spiro atoms. The third kappa shape index (κ3) is 1.70. The van der Waals surface area contributed by atoms with Crippen molar-refractivity contribution in [3.05, 3.63) is 34.4 Å². The molecule has 2 heterocycles. The van der Waals surface area contributed by atoms with Crippen molar-refractivity contribution in [2.75, 3.05) is 19.8 Å². The van der Waals surface area contributed by atoms with Gasteiger partial charge in [-0.25, -0.2) is 0 Å². The van der Waals surface area contributed by atoms with Crippen LogP contribution in [0.4, 0.5) is 0 Å². The van der Waals surface area contributed by atoms with Gasteiger partial charge in [-0.3, -0.25) is 0 Å². The molecule has 0 aliphatic carbocycles. The molecule has 2 heteroatoms. The minimum Gasteiger partial charge on any atom is -0.379 e. The number of hydrogen-bond acceptors (Lipinski definition) is 2. The SMILES string of the molecule is Cc1cc(C)c(C2(C3CCCN3)COC2)c(C)c1. The summed E-state index contributed by atoms with van der Waals surface area (Å²) in [6, 6.07) is 5.24. The summed E-state index contributed by atoms with van der Waals surface area (Å²) in [6.45, 7) is 9.62. The molecule has 1 N–H and O–H groups in total. The number of nitrogens with one attached hydrogen (secondary N) is 1. The van der Waals surface area contributed by atoms with E-state index < -0.39 is 0 Å². The molecule has 0 saturated carbocycles. The van der Waals surface area contributed by atoms with Crippen LogP contribution in [0, 0.1) is 20.8 Å². The monoisotopic (exact) mass is 245 g/mol. The van der Waals surface area contributed by atoms with Gasteiger partial charge in [0.15, 0.2) is 0 Å². The Morgan fingerprint density at radius 2 is 1.83 bits per heavy atom. The van der Waals surface area contributed by atoms with Crippen molar-refractivity contribution in [1.82, 2.24) is 5.32 Å². The predicted octanol–water partition coefficient (Wildman–Crippen LogP) is 2.63. The molecule has 2 saturated heterocycles. The van der Waals surface area contributed by atoms with Crippen molar-refractivity contribution in [3.63, 3.8) is 0 Å². The second-order valence-corrected chi connectivity index (χ2v) is 6.07. The van der Waals surface area contributed by atoms with E-state index in [1.807, 2.05) is 0 Å². The summed E-state index contributed by atoms with van der Waals surface area (Å²) in [7, 11) is 0. The van der Waals surface area contributed by atoms with Gasteiger partial charge < -0.3 is 10.1 Å². The van der Waals surface area contributed by atoms with E-state index in [1.165, 1.54) is 29.5 Å². The van der Waals surface area contributed by atoms with Gasteiger partial charge in [0.25, 0.3) is 0 Å². The van der Waals surface area contributed by atoms with Crippen LogP contribution in [0.2, 0.25) is 0 Å². The van der Waals surface area contributed by atoms with E-state index in [9.17, 15) is 0 Å². The average molecular weight is 245 g/mol. The standard InChI is InChI=1S/C16H23NO/c1-11-7-12(2)15(13(3)8-11)16(9-18-10-16)14-5-4-6-17-14/h7-8,14,17H,4-6,9-10H2,1-3H3. The molecule has 0 amide bonds. The highest BCUT2D eigenvalue weighted by molar-refractivity contribution is 5.45. The van der Waals surface area contributed by atoms with Crippen LogP contribution in [-0.4, -0.2) is 25.8 Å². The van der Waals surface area contributed by atoms with Crippen LogP contribution in [0.15, 0.2) is 12.1 Å². The van der Waals surface area contributed by atoms with Crippen LogP contribution in [0.25, 0.3) is 0 Å². The minimum absolute atomic E-state index is 0.234. The fraction of sp³-hybridized carbons (Fsp3) is 0.625. The Morgan fingerprint density at radius 3 is 2.28 bits per heavy atom. The summed E-state index contributed by atoms with van der Waals surface area (Å²) in [5.74, 6) is 0. The molecule has 3 rings (SSSR count). The van der Waals surface area contributed by atoms with E-state index in [1.54, 1.807) is 5.56 Å². The van der Waals surface area contributed by atoms with Gasteiger partial charge in [0.2, 0.25) is 0 Å². The molecule has 2 aliphatic heterocycles. The van der Waals surface area contributed by atoms with Crippen molar-refractivity contribution in [2.45, 2.75) is 45.1 Å². The lowest BCUT2D eigenvalue weighted by molar-refractivity contribution is -0.0766. The van der Waals surface area contributed by atoms with Gasteiger partial charge in [-0.15, -0.1) is 0 Å². The molecule has 0 bridgehead atoms. The van der Waals surface area contributed by atoms with Gasteiger partial charge in [0.05, 0.1) is 18.6 Å². The van der Waals surface area contributed by atoms with E-state index in [0.717, 1.165) is 19.8 Å². The Bertz CT molecular complexity index is 433. The Morgan fingerprint density at radius 1 is 1.17 bits per heavy atom. The summed E-state index contributed by atoms with van der Waals surface area (Å²) < 4.78 is 5.61. The zero-order valence-corrected chi connectivity index (χ0v) is 11.7. The first-order valence-electron chi connectivity index (χ1n) is 7.03. The summed E-state index contributed by atoms with van der Waals surface area (Å²) in [4.78, 5) is 0. The Kier molecular flexibility index (Phi) is 2.95. The largest absolute Gasteiger partial charge is 0.379 e. The van der Waals surface area contributed by atoms with Gasteiger partial charge in [0.1, 0.15) is 0 Å². The molecule has 0 radical (unpaired) electrons. The molecule has 2 fully saturated rings. The lowest BCUT2D eigenvalue weighted by atomic mass is 9.68. The Labute approximate surface area is 110 Å². The van der Waals surface area contributed by atoms with Crippen molar-refractivity contribution >= 4 is 0 Å². The molecule has 1 aromatic rings. The second-order valence-electron chi connectivity index (χ2n) is 6.07. The third-order valence-corrected chi connectivity index (χ3v) is 4.62. The van der Waals surface area contributed by atoms with Gasteiger partial charge in [0, 0.05) is 6.04 Å². The van der Waals surface area contributed by atoms with Crippen LogP contribution < -0.4 is 5.32 Å². The number of aryl methyl sites for hydroxylation is 3. The summed E-state index contributed by atoms with van der Waals surface area (Å²) >= 11 is 0. The van der Waals surface area contributed by atoms with Crippen LogP contribution >= 0.6 is 0 Å². The maximum atomic E-state index is 5.61. The molecule has 1 atom stereocenters. The van der Waals surface area contributed by atoms with Crippen molar-refractivity contribution in [3.8, 4) is 0 Å². The number of ether oxygens (including phenoxy) is 1. The zero-order valence-electron chi connectivity index (χ0n) is 11.7. The quantitative estimate of drug-likeness (QED) is 0.865. The van der Waals surface area contributed by atoms with Gasteiger partial charge in [-0.2, -0.15) is 0 Å². The van der Waals surface area contributed by atoms with E-state index in [2.05, 4.69) is 38.2 Å². The lowest BCUT2D eigenvalue weighted by Gasteiger charge is -2.48. The summed E-state index contributed by atoms with van der Waals surface area (Å²) in [5.41, 5.74) is 6.01. The fourth-order valence-electron chi connectivity index (χ4n) is 3.96. The molecule has 1 aromatic carbocycles. The second kappa shape index (κ2) is 4.36. The first kappa shape index (κ1) is 12.2. The van der Waals surface area contributed by atoms with Gasteiger partial charge >= 0.3 is 0 Å². The van der Waals surface area contributed by atoms with Crippen LogP contribution in [0.5, 0.6) is 0 Å². The normalized spacial score (nSPS) is 26.1. The summed E-state index contributed by atoms with van der Waals surface area (Å²) in [5, 5.41) is 3.69. The molecule has 2 aliphatic rings. The molecule has 1 unspecified atom stereocenters. The van der Waals surface area contributed by atoms with Crippen molar-refractivity contribution < 1.29 is 4.74 Å². The van der Waals surface area contributed by atoms with E-state index in [4.69, 9.17) is 4.74 Å².